The van der Waals surface area contributed by atoms with Crippen LogP contribution in [0.3, 0.4) is 0 Å². The number of amides is 1. The summed E-state index contributed by atoms with van der Waals surface area (Å²) in [6.45, 7) is 5.44. The van der Waals surface area contributed by atoms with Gasteiger partial charge in [0.25, 0.3) is 0 Å². The summed E-state index contributed by atoms with van der Waals surface area (Å²) >= 11 is 1.50. The molecule has 0 spiro atoms. The predicted molar refractivity (Wildman–Crippen MR) is 77.3 cm³/mol. The Labute approximate surface area is 117 Å². The number of nitrogens with one attached hydrogen (secondary N) is 1. The molecule has 0 fully saturated rings. The molecule has 0 radical (unpaired) electrons. The van der Waals surface area contributed by atoms with Crippen molar-refractivity contribution in [1.29, 1.82) is 0 Å². The summed E-state index contributed by atoms with van der Waals surface area (Å²) in [6.07, 6.45) is 0. The third kappa shape index (κ3) is 5.34. The zero-order valence-corrected chi connectivity index (χ0v) is 12.2. The lowest BCUT2D eigenvalue weighted by Gasteiger charge is -2.13. The molecule has 0 aliphatic rings. The number of carbonyl (C=O) groups is 2. The number of hydrogen-bond acceptors (Lipinski definition) is 3. The highest BCUT2D eigenvalue weighted by Gasteiger charge is 2.17. The second kappa shape index (κ2) is 7.19. The molecular formula is C14H19NO3S. The zero-order chi connectivity index (χ0) is 14.4. The minimum absolute atomic E-state index is 0.320. The first-order valence-electron chi connectivity index (χ1n) is 6.04. The van der Waals surface area contributed by atoms with Gasteiger partial charge in [-0.2, -0.15) is 11.8 Å². The van der Waals surface area contributed by atoms with Crippen molar-refractivity contribution in [2.75, 3.05) is 5.75 Å². The summed E-state index contributed by atoms with van der Waals surface area (Å²) in [6, 6.07) is 5.39. The van der Waals surface area contributed by atoms with Gasteiger partial charge in [-0.05, 0) is 30.5 Å². The molecule has 5 heteroatoms. The second-order valence-electron chi connectivity index (χ2n) is 4.53. The number of benzene rings is 1. The molecule has 0 saturated carbocycles. The van der Waals surface area contributed by atoms with E-state index in [9.17, 15) is 9.59 Å². The first kappa shape index (κ1) is 15.6. The molecule has 1 rings (SSSR count). The molecule has 0 bridgehead atoms. The number of carboxylic acids is 1. The maximum Gasteiger partial charge on any atom is 0.327 e. The van der Waals surface area contributed by atoms with Crippen molar-refractivity contribution in [3.63, 3.8) is 0 Å². The van der Waals surface area contributed by atoms with Crippen molar-refractivity contribution >= 4 is 23.6 Å². The Bertz CT molecular complexity index is 474. The number of hydrogen-bond donors (Lipinski definition) is 2. The third-order valence-corrected chi connectivity index (χ3v) is 3.91. The lowest BCUT2D eigenvalue weighted by molar-refractivity contribution is -0.140. The van der Waals surface area contributed by atoms with Crippen molar-refractivity contribution < 1.29 is 14.7 Å². The van der Waals surface area contributed by atoms with Crippen LogP contribution >= 0.6 is 11.8 Å². The molecule has 1 atom stereocenters. The lowest BCUT2D eigenvalue weighted by Crippen LogP contribution is -2.41. The van der Waals surface area contributed by atoms with Crippen molar-refractivity contribution in [1.82, 2.24) is 5.32 Å². The number of carbonyl (C=O) groups excluding carboxylic acids is 1. The van der Waals surface area contributed by atoms with Crippen LogP contribution in [-0.2, 0) is 15.3 Å². The van der Waals surface area contributed by atoms with Gasteiger partial charge in [-0.25, -0.2) is 4.79 Å². The monoisotopic (exact) mass is 281 g/mol. The van der Waals surface area contributed by atoms with E-state index in [1.807, 2.05) is 6.07 Å². The quantitative estimate of drug-likeness (QED) is 0.838. The van der Waals surface area contributed by atoms with E-state index >= 15 is 0 Å². The van der Waals surface area contributed by atoms with E-state index in [-0.39, 0.29) is 5.91 Å². The molecule has 1 aromatic rings. The van der Waals surface area contributed by atoms with Gasteiger partial charge in [0.05, 0.1) is 0 Å². The van der Waals surface area contributed by atoms with Gasteiger partial charge < -0.3 is 10.4 Å². The van der Waals surface area contributed by atoms with Gasteiger partial charge in [-0.1, -0.05) is 18.2 Å². The summed E-state index contributed by atoms with van der Waals surface area (Å²) in [4.78, 5) is 21.8. The van der Waals surface area contributed by atoms with Crippen LogP contribution in [0.4, 0.5) is 0 Å². The summed E-state index contributed by atoms with van der Waals surface area (Å²) in [7, 11) is 0. The molecule has 1 unspecified atom stereocenters. The Morgan fingerprint density at radius 2 is 2.00 bits per heavy atom. The third-order valence-electron chi connectivity index (χ3n) is 2.80. The molecule has 0 aliphatic carbocycles. The van der Waals surface area contributed by atoms with Gasteiger partial charge in [0, 0.05) is 18.4 Å². The van der Waals surface area contributed by atoms with Gasteiger partial charge in [-0.15, -0.1) is 0 Å². The van der Waals surface area contributed by atoms with E-state index in [2.05, 4.69) is 31.3 Å². The highest BCUT2D eigenvalue weighted by atomic mass is 32.2. The first-order valence-corrected chi connectivity index (χ1v) is 7.19. The molecule has 104 valence electrons. The minimum Gasteiger partial charge on any atom is -0.480 e. The highest BCUT2D eigenvalue weighted by Crippen LogP contribution is 2.16. The number of aliphatic carboxylic acids is 1. The molecule has 19 heavy (non-hydrogen) atoms. The Morgan fingerprint density at radius 3 is 2.53 bits per heavy atom. The molecule has 4 nitrogen and oxygen atoms in total. The predicted octanol–water partition coefficient (Wildman–Crippen LogP) is 2.13. The van der Waals surface area contributed by atoms with E-state index < -0.39 is 12.0 Å². The Morgan fingerprint density at radius 1 is 1.32 bits per heavy atom. The number of thioether (sulfide) groups is 1. The Hall–Kier alpha value is -1.49. The largest absolute Gasteiger partial charge is 0.480 e. The molecule has 0 aliphatic heterocycles. The topological polar surface area (TPSA) is 66.4 Å². The summed E-state index contributed by atoms with van der Waals surface area (Å²) in [5.74, 6) is -0.214. The lowest BCUT2D eigenvalue weighted by atomic mass is 10.1. The van der Waals surface area contributed by atoms with Gasteiger partial charge in [0.15, 0.2) is 0 Å². The first-order chi connectivity index (χ1) is 8.90. The number of aryl methyl sites for hydroxylation is 2. The van der Waals surface area contributed by atoms with Crippen molar-refractivity contribution in [3.8, 4) is 0 Å². The van der Waals surface area contributed by atoms with Crippen LogP contribution in [0.2, 0.25) is 0 Å². The van der Waals surface area contributed by atoms with Crippen LogP contribution in [0.5, 0.6) is 0 Å². The average molecular weight is 281 g/mol. The van der Waals surface area contributed by atoms with E-state index in [1.165, 1.54) is 35.4 Å². The van der Waals surface area contributed by atoms with E-state index in [4.69, 9.17) is 5.11 Å². The average Bonchev–Trinajstić information content (AvgIpc) is 2.31. The van der Waals surface area contributed by atoms with Crippen molar-refractivity contribution in [3.05, 3.63) is 34.9 Å². The fourth-order valence-corrected chi connectivity index (χ4v) is 2.60. The second-order valence-corrected chi connectivity index (χ2v) is 5.56. The maximum atomic E-state index is 10.9. The van der Waals surface area contributed by atoms with Crippen LogP contribution in [0, 0.1) is 13.8 Å². The molecule has 1 aromatic carbocycles. The molecule has 0 heterocycles. The molecule has 2 N–H and O–H groups in total. The standard InChI is InChI=1S/C14H19NO3S/c1-9-4-5-12(6-10(9)2)7-19-8-13(14(17)18)15-11(3)16/h4-6,13H,7-8H2,1-3H3,(H,15,16)(H,17,18). The van der Waals surface area contributed by atoms with Crippen LogP contribution in [-0.4, -0.2) is 28.8 Å². The van der Waals surface area contributed by atoms with Crippen LogP contribution in [0.1, 0.15) is 23.6 Å². The minimum atomic E-state index is -0.997. The van der Waals surface area contributed by atoms with Gasteiger partial charge in [-0.3, -0.25) is 4.79 Å². The normalized spacial score (nSPS) is 11.9. The number of rotatable bonds is 6. The van der Waals surface area contributed by atoms with Crippen molar-refractivity contribution in [2.24, 2.45) is 0 Å². The Balaban J connectivity index is 2.49. The van der Waals surface area contributed by atoms with Gasteiger partial charge in [0.1, 0.15) is 6.04 Å². The van der Waals surface area contributed by atoms with Crippen LogP contribution in [0.25, 0.3) is 0 Å². The van der Waals surface area contributed by atoms with E-state index in [1.54, 1.807) is 0 Å². The summed E-state index contributed by atoms with van der Waals surface area (Å²) in [5.41, 5.74) is 3.64. The zero-order valence-electron chi connectivity index (χ0n) is 11.4. The fraction of sp³-hybridized carbons (Fsp3) is 0.429. The smallest absolute Gasteiger partial charge is 0.327 e. The highest BCUT2D eigenvalue weighted by molar-refractivity contribution is 7.98. The molecule has 1 amide bonds. The molecule has 0 aromatic heterocycles. The van der Waals surface area contributed by atoms with Crippen LogP contribution in [0.15, 0.2) is 18.2 Å². The SMILES string of the molecule is CC(=O)NC(CSCc1ccc(C)c(C)c1)C(=O)O. The number of carboxylic acid groups (broad SMARTS) is 1. The van der Waals surface area contributed by atoms with E-state index in [0.29, 0.717) is 5.75 Å². The summed E-state index contributed by atoms with van der Waals surface area (Å²) in [5, 5.41) is 11.4. The van der Waals surface area contributed by atoms with Gasteiger partial charge in [0.2, 0.25) is 5.91 Å². The fourth-order valence-electron chi connectivity index (χ4n) is 1.61. The summed E-state index contributed by atoms with van der Waals surface area (Å²) < 4.78 is 0. The molecule has 0 saturated heterocycles. The molecular weight excluding hydrogens is 262 g/mol. The van der Waals surface area contributed by atoms with E-state index in [0.717, 1.165) is 5.75 Å². The van der Waals surface area contributed by atoms with Gasteiger partial charge >= 0.3 is 5.97 Å². The Kier molecular flexibility index (Phi) is 5.89. The van der Waals surface area contributed by atoms with Crippen molar-refractivity contribution in [2.45, 2.75) is 32.6 Å². The van der Waals surface area contributed by atoms with Crippen LogP contribution < -0.4 is 5.32 Å². The maximum absolute atomic E-state index is 10.9.